The lowest BCUT2D eigenvalue weighted by atomic mass is 10.1. The molecule has 28 heavy (non-hydrogen) atoms. The fraction of sp³-hybridized carbons (Fsp3) is 0.450. The van der Waals surface area contributed by atoms with Crippen molar-refractivity contribution in [1.29, 1.82) is 0 Å². The highest BCUT2D eigenvalue weighted by Crippen LogP contribution is 2.44. The minimum atomic E-state index is 0.524. The van der Waals surface area contributed by atoms with Crippen LogP contribution in [0.15, 0.2) is 12.4 Å². The Balaban J connectivity index is 1.89. The van der Waals surface area contributed by atoms with Gasteiger partial charge in [0.1, 0.15) is 17.7 Å². The third-order valence-electron chi connectivity index (χ3n) is 4.97. The molecule has 150 valence electrons. The molecule has 2 heterocycles. The number of aromatic amines is 1. The average molecular weight is 385 g/mol. The number of rotatable bonds is 8. The zero-order chi connectivity index (χ0) is 20.3. The third-order valence-corrected chi connectivity index (χ3v) is 4.97. The van der Waals surface area contributed by atoms with Crippen molar-refractivity contribution in [3.05, 3.63) is 29.3 Å². The topological polar surface area (TPSA) is 85.4 Å². The molecule has 0 unspecified atom stereocenters. The molecule has 2 aromatic heterocycles. The minimum Gasteiger partial charge on any atom is -0.493 e. The lowest BCUT2D eigenvalue weighted by Crippen LogP contribution is -2.21. The lowest BCUT2D eigenvalue weighted by Gasteiger charge is -2.21. The number of methoxy groups -OCH3 is 3. The third kappa shape index (κ3) is 3.54. The number of anilines is 1. The number of fused-ring (bicyclic) bond motifs is 1. The second kappa shape index (κ2) is 8.33. The summed E-state index contributed by atoms with van der Waals surface area (Å²) in [5.41, 5.74) is 4.18. The van der Waals surface area contributed by atoms with E-state index in [1.165, 1.54) is 5.56 Å². The van der Waals surface area contributed by atoms with Crippen molar-refractivity contribution in [2.24, 2.45) is 0 Å². The predicted octanol–water partition coefficient (Wildman–Crippen LogP) is 3.06. The van der Waals surface area contributed by atoms with Gasteiger partial charge in [0.05, 0.1) is 32.4 Å². The van der Waals surface area contributed by atoms with Gasteiger partial charge in [-0.15, -0.1) is 0 Å². The molecule has 8 heteroatoms. The molecule has 0 aliphatic heterocycles. The van der Waals surface area contributed by atoms with Gasteiger partial charge in [-0.25, -0.2) is 9.97 Å². The molecule has 1 N–H and O–H groups in total. The number of hydrogen-bond acceptors (Lipinski definition) is 7. The van der Waals surface area contributed by atoms with Crippen LogP contribution < -0.4 is 19.1 Å². The van der Waals surface area contributed by atoms with Crippen LogP contribution in [0, 0.1) is 13.8 Å². The van der Waals surface area contributed by atoms with Gasteiger partial charge in [0.15, 0.2) is 11.5 Å². The van der Waals surface area contributed by atoms with Crippen molar-refractivity contribution >= 4 is 16.7 Å². The van der Waals surface area contributed by atoms with Crippen LogP contribution in [0.3, 0.4) is 0 Å². The van der Waals surface area contributed by atoms with Crippen LogP contribution in [0.4, 0.5) is 5.82 Å². The molecule has 0 saturated carbocycles. The highest BCUT2D eigenvalue weighted by atomic mass is 16.5. The molecule has 3 aromatic rings. The molecule has 0 aliphatic carbocycles. The maximum Gasteiger partial charge on any atom is 0.205 e. The molecule has 0 saturated heterocycles. The number of ether oxygens (including phenoxy) is 3. The van der Waals surface area contributed by atoms with Crippen LogP contribution in [-0.2, 0) is 6.42 Å². The molecule has 0 amide bonds. The van der Waals surface area contributed by atoms with Gasteiger partial charge in [-0.3, -0.25) is 5.10 Å². The first-order valence-corrected chi connectivity index (χ1v) is 9.17. The number of nitrogens with one attached hydrogen (secondary N) is 1. The van der Waals surface area contributed by atoms with Crippen LogP contribution in [0.1, 0.15) is 23.4 Å². The first-order valence-electron chi connectivity index (χ1n) is 9.17. The van der Waals surface area contributed by atoms with Crippen LogP contribution >= 0.6 is 0 Å². The van der Waals surface area contributed by atoms with Crippen molar-refractivity contribution in [2.75, 3.05) is 39.8 Å². The molecule has 0 radical (unpaired) electrons. The van der Waals surface area contributed by atoms with Crippen molar-refractivity contribution < 1.29 is 14.2 Å². The van der Waals surface area contributed by atoms with E-state index in [4.69, 9.17) is 14.2 Å². The van der Waals surface area contributed by atoms with E-state index in [-0.39, 0.29) is 0 Å². The fourth-order valence-corrected chi connectivity index (χ4v) is 3.50. The van der Waals surface area contributed by atoms with Crippen molar-refractivity contribution in [1.82, 2.24) is 20.2 Å². The number of nitrogens with zero attached hydrogens (tertiary/aromatic N) is 4. The quantitative estimate of drug-likeness (QED) is 0.638. The van der Waals surface area contributed by atoms with Crippen LogP contribution in [-0.4, -0.2) is 55.1 Å². The van der Waals surface area contributed by atoms with E-state index >= 15 is 0 Å². The highest BCUT2D eigenvalue weighted by molar-refractivity contribution is 5.96. The van der Waals surface area contributed by atoms with Gasteiger partial charge in [-0.2, -0.15) is 5.10 Å². The zero-order valence-electron chi connectivity index (χ0n) is 17.3. The van der Waals surface area contributed by atoms with Crippen LogP contribution in [0.2, 0.25) is 0 Å². The Morgan fingerprint density at radius 2 is 1.79 bits per heavy atom. The van der Waals surface area contributed by atoms with Gasteiger partial charge < -0.3 is 19.1 Å². The van der Waals surface area contributed by atoms with Crippen LogP contribution in [0.25, 0.3) is 10.9 Å². The van der Waals surface area contributed by atoms with E-state index in [0.29, 0.717) is 22.8 Å². The van der Waals surface area contributed by atoms with Crippen molar-refractivity contribution in [2.45, 2.75) is 26.7 Å². The normalized spacial score (nSPS) is 10.9. The van der Waals surface area contributed by atoms with Crippen molar-refractivity contribution in [3.63, 3.8) is 0 Å². The maximum atomic E-state index is 5.56. The summed E-state index contributed by atoms with van der Waals surface area (Å²) in [5, 5.41) is 8.17. The van der Waals surface area contributed by atoms with Gasteiger partial charge in [0, 0.05) is 19.3 Å². The zero-order valence-corrected chi connectivity index (χ0v) is 17.3. The molecular formula is C20H27N5O3. The molecule has 1 aromatic carbocycles. The van der Waals surface area contributed by atoms with Gasteiger partial charge >= 0.3 is 0 Å². The SMILES string of the molecule is COc1cc2c(N(C)CCCc3c(C)n[nH]c3C)ncnc2c(OC)c1OC. The molecule has 0 atom stereocenters. The summed E-state index contributed by atoms with van der Waals surface area (Å²) in [5.74, 6) is 2.47. The molecular weight excluding hydrogens is 358 g/mol. The second-order valence-electron chi connectivity index (χ2n) is 6.68. The Bertz CT molecular complexity index is 951. The number of aromatic nitrogens is 4. The summed E-state index contributed by atoms with van der Waals surface area (Å²) in [6.07, 6.45) is 3.49. The lowest BCUT2D eigenvalue weighted by molar-refractivity contribution is 0.327. The summed E-state index contributed by atoms with van der Waals surface area (Å²) >= 11 is 0. The summed E-state index contributed by atoms with van der Waals surface area (Å²) in [6.45, 7) is 4.93. The Morgan fingerprint density at radius 3 is 2.39 bits per heavy atom. The minimum absolute atomic E-state index is 0.524. The van der Waals surface area contributed by atoms with E-state index in [0.717, 1.165) is 42.0 Å². The predicted molar refractivity (Wildman–Crippen MR) is 109 cm³/mol. The number of H-pyrrole nitrogens is 1. The number of aryl methyl sites for hydroxylation is 2. The molecule has 0 bridgehead atoms. The Morgan fingerprint density at radius 1 is 1.04 bits per heavy atom. The average Bonchev–Trinajstić information content (AvgIpc) is 3.03. The number of benzene rings is 1. The molecule has 3 rings (SSSR count). The monoisotopic (exact) mass is 385 g/mol. The number of hydrogen-bond donors (Lipinski definition) is 1. The van der Waals surface area contributed by atoms with Gasteiger partial charge in [0.2, 0.25) is 5.75 Å². The van der Waals surface area contributed by atoms with E-state index in [1.54, 1.807) is 27.7 Å². The van der Waals surface area contributed by atoms with Gasteiger partial charge in [-0.05, 0) is 38.3 Å². The van der Waals surface area contributed by atoms with E-state index in [2.05, 4.69) is 32.0 Å². The Labute approximate surface area is 164 Å². The van der Waals surface area contributed by atoms with Gasteiger partial charge in [-0.1, -0.05) is 0 Å². The summed E-state index contributed by atoms with van der Waals surface area (Å²) < 4.78 is 16.5. The second-order valence-corrected chi connectivity index (χ2v) is 6.68. The fourth-order valence-electron chi connectivity index (χ4n) is 3.50. The molecule has 8 nitrogen and oxygen atoms in total. The molecule has 0 fully saturated rings. The molecule has 0 spiro atoms. The standard InChI is InChI=1S/C20H27N5O3/c1-12-14(13(2)24-23-12)8-7-9-25(3)20-15-10-16(26-4)18(27-5)19(28-6)17(15)21-11-22-20/h10-11H,7-9H2,1-6H3,(H,23,24). The van der Waals surface area contributed by atoms with Gasteiger partial charge in [0.25, 0.3) is 0 Å². The summed E-state index contributed by atoms with van der Waals surface area (Å²) in [7, 11) is 6.81. The first-order chi connectivity index (χ1) is 13.5. The van der Waals surface area contributed by atoms with E-state index < -0.39 is 0 Å². The maximum absolute atomic E-state index is 5.56. The smallest absolute Gasteiger partial charge is 0.205 e. The highest BCUT2D eigenvalue weighted by Gasteiger charge is 2.20. The summed E-state index contributed by atoms with van der Waals surface area (Å²) in [4.78, 5) is 11.0. The first kappa shape index (κ1) is 19.7. The van der Waals surface area contributed by atoms with E-state index in [9.17, 15) is 0 Å². The van der Waals surface area contributed by atoms with Crippen LogP contribution in [0.5, 0.6) is 17.2 Å². The molecule has 0 aliphatic rings. The largest absolute Gasteiger partial charge is 0.493 e. The van der Waals surface area contributed by atoms with Crippen molar-refractivity contribution in [3.8, 4) is 17.2 Å². The van der Waals surface area contributed by atoms with E-state index in [1.807, 2.05) is 20.0 Å². The Hall–Kier alpha value is -3.03. The summed E-state index contributed by atoms with van der Waals surface area (Å²) in [6, 6.07) is 1.90. The Kier molecular flexibility index (Phi) is 5.87.